The summed E-state index contributed by atoms with van der Waals surface area (Å²) in [6.07, 6.45) is 30.8. The van der Waals surface area contributed by atoms with Crippen molar-refractivity contribution < 1.29 is 14.6 Å². The van der Waals surface area contributed by atoms with Crippen LogP contribution in [0, 0.1) is 0 Å². The Morgan fingerprint density at radius 2 is 0.969 bits per heavy atom. The normalized spacial score (nSPS) is 11.9. The molecule has 32 heavy (non-hydrogen) atoms. The molecule has 0 saturated carbocycles. The van der Waals surface area contributed by atoms with E-state index >= 15 is 0 Å². The minimum Gasteiger partial charge on any atom is -0.396 e. The van der Waals surface area contributed by atoms with E-state index < -0.39 is 0 Å². The fourth-order valence-electron chi connectivity index (χ4n) is 4.00. The minimum absolute atomic E-state index is 0.0197. The van der Waals surface area contributed by atoms with E-state index in [1.807, 2.05) is 0 Å². The average molecular weight is 455 g/mol. The molecule has 0 bridgehead atoms. The fourth-order valence-corrected chi connectivity index (χ4v) is 4.00. The summed E-state index contributed by atoms with van der Waals surface area (Å²) in [4.78, 5) is 0. The number of aliphatic hydroxyl groups excluding tert-OH is 1. The predicted molar refractivity (Wildman–Crippen MR) is 140 cm³/mol. The van der Waals surface area contributed by atoms with Crippen molar-refractivity contribution >= 4 is 0 Å². The Bertz CT molecular complexity index is 340. The third-order valence-electron chi connectivity index (χ3n) is 6.13. The maximum Gasteiger partial charge on any atom is 0.157 e. The minimum atomic E-state index is 0.0197. The van der Waals surface area contributed by atoms with Crippen LogP contribution in [-0.4, -0.2) is 31.2 Å². The van der Waals surface area contributed by atoms with Gasteiger partial charge in [-0.1, -0.05) is 116 Å². The van der Waals surface area contributed by atoms with Gasteiger partial charge in [0.1, 0.15) is 0 Å². The standard InChI is InChI=1S/C29H58O3/c1-3-5-7-19-23-27-31-29(32-28-24-20-8-6-4-2)25-21-17-15-13-11-9-10-12-14-16-18-22-26-30/h16,18,29-30H,3-15,17,19-28H2,1-2H3/b18-16+. The van der Waals surface area contributed by atoms with Crippen LogP contribution < -0.4 is 0 Å². The van der Waals surface area contributed by atoms with Crippen LogP contribution in [0.5, 0.6) is 0 Å². The van der Waals surface area contributed by atoms with Crippen molar-refractivity contribution in [2.75, 3.05) is 19.8 Å². The summed E-state index contributed by atoms with van der Waals surface area (Å²) < 4.78 is 12.2. The topological polar surface area (TPSA) is 38.7 Å². The van der Waals surface area contributed by atoms with Gasteiger partial charge in [0, 0.05) is 19.8 Å². The molecular formula is C29H58O3. The van der Waals surface area contributed by atoms with Crippen LogP contribution in [-0.2, 0) is 9.47 Å². The first-order valence-corrected chi connectivity index (χ1v) is 14.3. The number of hydrogen-bond acceptors (Lipinski definition) is 3. The lowest BCUT2D eigenvalue weighted by Gasteiger charge is -2.19. The van der Waals surface area contributed by atoms with Gasteiger partial charge in [-0.2, -0.15) is 0 Å². The number of unbranched alkanes of at least 4 members (excludes halogenated alkanes) is 16. The molecule has 0 aliphatic carbocycles. The molecular weight excluding hydrogens is 396 g/mol. The SMILES string of the molecule is CCCCCCCOC(CCCCCCCCCC/C=C/CCO)OCCCCCCC. The number of aliphatic hydroxyl groups is 1. The molecule has 3 heteroatoms. The van der Waals surface area contributed by atoms with Gasteiger partial charge < -0.3 is 14.6 Å². The van der Waals surface area contributed by atoms with Gasteiger partial charge in [0.2, 0.25) is 0 Å². The van der Waals surface area contributed by atoms with Crippen LogP contribution in [0.15, 0.2) is 12.2 Å². The zero-order chi connectivity index (χ0) is 23.4. The predicted octanol–water partition coefficient (Wildman–Crippen LogP) is 9.13. The van der Waals surface area contributed by atoms with Gasteiger partial charge >= 0.3 is 0 Å². The summed E-state index contributed by atoms with van der Waals surface area (Å²) in [5, 5.41) is 8.74. The molecule has 0 heterocycles. The molecule has 3 nitrogen and oxygen atoms in total. The van der Waals surface area contributed by atoms with Gasteiger partial charge in [0.25, 0.3) is 0 Å². The van der Waals surface area contributed by atoms with Crippen molar-refractivity contribution in [3.63, 3.8) is 0 Å². The Balaban J connectivity index is 3.73. The summed E-state index contributed by atoms with van der Waals surface area (Å²) in [5.74, 6) is 0. The van der Waals surface area contributed by atoms with Gasteiger partial charge in [-0.25, -0.2) is 0 Å². The number of rotatable bonds is 27. The smallest absolute Gasteiger partial charge is 0.157 e. The first-order chi connectivity index (χ1) is 15.8. The lowest BCUT2D eigenvalue weighted by Crippen LogP contribution is -2.19. The first kappa shape index (κ1) is 31.6. The summed E-state index contributed by atoms with van der Waals surface area (Å²) in [6, 6.07) is 0. The van der Waals surface area contributed by atoms with Crippen molar-refractivity contribution in [1.82, 2.24) is 0 Å². The molecule has 0 saturated heterocycles. The Hall–Kier alpha value is -0.380. The second-order valence-electron chi connectivity index (χ2n) is 9.39. The quantitative estimate of drug-likeness (QED) is 0.0763. The van der Waals surface area contributed by atoms with Gasteiger partial charge in [-0.15, -0.1) is 0 Å². The molecule has 0 spiro atoms. The van der Waals surface area contributed by atoms with E-state index in [-0.39, 0.29) is 12.9 Å². The molecule has 0 fully saturated rings. The summed E-state index contributed by atoms with van der Waals surface area (Å²) in [6.45, 7) is 6.52. The second-order valence-corrected chi connectivity index (χ2v) is 9.39. The average Bonchev–Trinajstić information content (AvgIpc) is 2.80. The Kier molecular flexibility index (Phi) is 28.3. The Labute approximate surface area is 201 Å². The molecule has 0 aliphatic heterocycles. The maximum absolute atomic E-state index is 8.74. The highest BCUT2D eigenvalue weighted by Gasteiger charge is 2.09. The second kappa shape index (κ2) is 28.7. The maximum atomic E-state index is 8.74. The van der Waals surface area contributed by atoms with Gasteiger partial charge in [0.05, 0.1) is 0 Å². The van der Waals surface area contributed by atoms with Crippen molar-refractivity contribution in [3.05, 3.63) is 12.2 Å². The van der Waals surface area contributed by atoms with Gasteiger partial charge in [-0.05, 0) is 44.9 Å². The van der Waals surface area contributed by atoms with Crippen LogP contribution in [0.4, 0.5) is 0 Å². The molecule has 0 aromatic rings. The lowest BCUT2D eigenvalue weighted by molar-refractivity contribution is -0.148. The fraction of sp³-hybridized carbons (Fsp3) is 0.931. The Morgan fingerprint density at radius 1 is 0.531 bits per heavy atom. The van der Waals surface area contributed by atoms with E-state index in [0.717, 1.165) is 26.1 Å². The van der Waals surface area contributed by atoms with Crippen LogP contribution in [0.2, 0.25) is 0 Å². The van der Waals surface area contributed by atoms with Crippen LogP contribution in [0.1, 0.15) is 149 Å². The molecule has 0 unspecified atom stereocenters. The largest absolute Gasteiger partial charge is 0.396 e. The van der Waals surface area contributed by atoms with Crippen LogP contribution in [0.3, 0.4) is 0 Å². The molecule has 1 N–H and O–H groups in total. The zero-order valence-corrected chi connectivity index (χ0v) is 22.0. The summed E-state index contributed by atoms with van der Waals surface area (Å²) in [7, 11) is 0. The summed E-state index contributed by atoms with van der Waals surface area (Å²) in [5.41, 5.74) is 0. The van der Waals surface area contributed by atoms with E-state index in [4.69, 9.17) is 14.6 Å². The zero-order valence-electron chi connectivity index (χ0n) is 22.0. The lowest BCUT2D eigenvalue weighted by atomic mass is 10.1. The molecule has 0 aromatic carbocycles. The van der Waals surface area contributed by atoms with Crippen LogP contribution >= 0.6 is 0 Å². The van der Waals surface area contributed by atoms with E-state index in [1.54, 1.807) is 0 Å². The number of ether oxygens (including phenoxy) is 2. The van der Waals surface area contributed by atoms with Gasteiger partial charge in [-0.3, -0.25) is 0 Å². The molecule has 0 aromatic heterocycles. The first-order valence-electron chi connectivity index (χ1n) is 14.3. The highest BCUT2D eigenvalue weighted by atomic mass is 16.7. The van der Waals surface area contributed by atoms with Crippen molar-refractivity contribution in [2.45, 2.75) is 155 Å². The molecule has 0 aliphatic rings. The third-order valence-corrected chi connectivity index (χ3v) is 6.13. The van der Waals surface area contributed by atoms with E-state index in [1.165, 1.54) is 122 Å². The highest BCUT2D eigenvalue weighted by Crippen LogP contribution is 2.15. The molecule has 0 rings (SSSR count). The van der Waals surface area contributed by atoms with E-state index in [2.05, 4.69) is 26.0 Å². The van der Waals surface area contributed by atoms with E-state index in [9.17, 15) is 0 Å². The molecule has 192 valence electrons. The van der Waals surface area contributed by atoms with E-state index in [0.29, 0.717) is 0 Å². The molecule has 0 atom stereocenters. The van der Waals surface area contributed by atoms with Crippen LogP contribution in [0.25, 0.3) is 0 Å². The highest BCUT2D eigenvalue weighted by molar-refractivity contribution is 4.80. The third kappa shape index (κ3) is 25.9. The number of allylic oxidation sites excluding steroid dienone is 1. The monoisotopic (exact) mass is 454 g/mol. The summed E-state index contributed by atoms with van der Waals surface area (Å²) >= 11 is 0. The number of hydrogen-bond donors (Lipinski definition) is 1. The van der Waals surface area contributed by atoms with Crippen molar-refractivity contribution in [2.24, 2.45) is 0 Å². The molecule has 0 radical (unpaired) electrons. The Morgan fingerprint density at radius 3 is 1.50 bits per heavy atom. The molecule has 0 amide bonds. The van der Waals surface area contributed by atoms with Gasteiger partial charge in [0.15, 0.2) is 6.29 Å². The van der Waals surface area contributed by atoms with Crippen molar-refractivity contribution in [3.8, 4) is 0 Å². The van der Waals surface area contributed by atoms with Crippen molar-refractivity contribution in [1.29, 1.82) is 0 Å².